The van der Waals surface area contributed by atoms with E-state index in [9.17, 15) is 9.59 Å². The maximum absolute atomic E-state index is 13.4. The van der Waals surface area contributed by atoms with Crippen molar-refractivity contribution in [2.75, 3.05) is 14.1 Å². The van der Waals surface area contributed by atoms with Crippen molar-refractivity contribution in [2.45, 2.75) is 25.8 Å². The molecule has 1 heterocycles. The van der Waals surface area contributed by atoms with Gasteiger partial charge in [-0.15, -0.1) is 0 Å². The van der Waals surface area contributed by atoms with Crippen molar-refractivity contribution in [3.63, 3.8) is 0 Å². The Morgan fingerprint density at radius 1 is 1.15 bits per heavy atom. The van der Waals surface area contributed by atoms with Gasteiger partial charge in [-0.25, -0.2) is 4.98 Å². The highest BCUT2D eigenvalue weighted by Crippen LogP contribution is 2.20. The zero-order chi connectivity index (χ0) is 19.6. The first kappa shape index (κ1) is 18.8. The van der Waals surface area contributed by atoms with Crippen LogP contribution in [0.2, 0.25) is 0 Å². The van der Waals surface area contributed by atoms with Gasteiger partial charge in [0.25, 0.3) is 5.56 Å². The number of para-hydroxylation sites is 1. The van der Waals surface area contributed by atoms with E-state index in [1.54, 1.807) is 23.6 Å². The molecule has 3 aromatic rings. The van der Waals surface area contributed by atoms with E-state index in [0.717, 1.165) is 11.3 Å². The summed E-state index contributed by atoms with van der Waals surface area (Å²) >= 11 is 0. The molecule has 0 spiro atoms. The third-order valence-corrected chi connectivity index (χ3v) is 4.54. The van der Waals surface area contributed by atoms with Gasteiger partial charge in [-0.2, -0.15) is 0 Å². The number of aromatic nitrogens is 2. The lowest BCUT2D eigenvalue weighted by Gasteiger charge is -2.17. The molecular weight excluding hydrogens is 340 g/mol. The Balaban J connectivity index is 2.21. The summed E-state index contributed by atoms with van der Waals surface area (Å²) in [6.45, 7) is 1.81. The predicted molar refractivity (Wildman–Crippen MR) is 107 cm³/mol. The molecule has 1 atom stereocenters. The summed E-state index contributed by atoms with van der Waals surface area (Å²) in [5, 5.41) is 0.539. The van der Waals surface area contributed by atoms with E-state index in [1.165, 1.54) is 0 Å². The summed E-state index contributed by atoms with van der Waals surface area (Å²) in [5.41, 5.74) is 8.10. The molecule has 0 saturated heterocycles. The third-order valence-electron chi connectivity index (χ3n) is 4.54. The first-order chi connectivity index (χ1) is 12.9. The summed E-state index contributed by atoms with van der Waals surface area (Å²) in [6.07, 6.45) is 0.823. The molecule has 1 aromatic heterocycles. The molecule has 6 heteroatoms. The topological polar surface area (TPSA) is 81.2 Å². The number of aryl methyl sites for hydroxylation is 1. The molecule has 1 unspecified atom stereocenters. The number of carbonyl (C=O) groups excluding carboxylic acids is 1. The van der Waals surface area contributed by atoms with Crippen molar-refractivity contribution in [2.24, 2.45) is 5.73 Å². The van der Waals surface area contributed by atoms with Crippen molar-refractivity contribution in [3.8, 4) is 5.69 Å². The third kappa shape index (κ3) is 3.75. The molecule has 2 aromatic carbocycles. The number of amides is 1. The average molecular weight is 364 g/mol. The molecule has 1 amide bonds. The van der Waals surface area contributed by atoms with Crippen LogP contribution in [0.1, 0.15) is 30.8 Å². The Kier molecular flexibility index (Phi) is 5.37. The Hall–Kier alpha value is -2.99. The van der Waals surface area contributed by atoms with Crippen LogP contribution in [0.5, 0.6) is 0 Å². The van der Waals surface area contributed by atoms with Gasteiger partial charge >= 0.3 is 0 Å². The Bertz CT molecular complexity index is 1020. The fourth-order valence-electron chi connectivity index (χ4n) is 3.12. The fraction of sp³-hybridized carbons (Fsp3) is 0.286. The minimum absolute atomic E-state index is 0.0237. The normalized spacial score (nSPS) is 12.1. The number of carbonyl (C=O) groups is 1. The monoisotopic (exact) mass is 364 g/mol. The molecule has 0 radical (unpaired) electrons. The van der Waals surface area contributed by atoms with Crippen LogP contribution in [-0.4, -0.2) is 34.5 Å². The molecule has 27 heavy (non-hydrogen) atoms. The summed E-state index contributed by atoms with van der Waals surface area (Å²) in [5.74, 6) is 0.538. The van der Waals surface area contributed by atoms with Gasteiger partial charge in [0.05, 0.1) is 22.6 Å². The van der Waals surface area contributed by atoms with E-state index >= 15 is 0 Å². The van der Waals surface area contributed by atoms with Crippen LogP contribution >= 0.6 is 0 Å². The molecule has 140 valence electrons. The van der Waals surface area contributed by atoms with E-state index in [-0.39, 0.29) is 11.5 Å². The van der Waals surface area contributed by atoms with Crippen molar-refractivity contribution >= 4 is 16.8 Å². The van der Waals surface area contributed by atoms with Gasteiger partial charge in [0.15, 0.2) is 0 Å². The minimum Gasteiger partial charge on any atom is -0.349 e. The Morgan fingerprint density at radius 3 is 2.48 bits per heavy atom. The molecule has 0 aliphatic rings. The fourth-order valence-corrected chi connectivity index (χ4v) is 3.12. The molecule has 3 rings (SSSR count). The largest absolute Gasteiger partial charge is 0.349 e. The summed E-state index contributed by atoms with van der Waals surface area (Å²) in [4.78, 5) is 31.6. The minimum atomic E-state index is -0.402. The van der Waals surface area contributed by atoms with Crippen LogP contribution in [0.4, 0.5) is 0 Å². The van der Waals surface area contributed by atoms with Crippen LogP contribution in [-0.2, 0) is 11.2 Å². The second-order valence-corrected chi connectivity index (χ2v) is 6.83. The number of nitrogens with two attached hydrogens (primary N) is 1. The molecule has 0 aliphatic heterocycles. The van der Waals surface area contributed by atoms with Crippen LogP contribution in [0.25, 0.3) is 16.6 Å². The number of fused-ring (bicyclic) bond motifs is 1. The van der Waals surface area contributed by atoms with E-state index in [1.807, 2.05) is 55.5 Å². The Morgan fingerprint density at radius 2 is 1.85 bits per heavy atom. The second-order valence-electron chi connectivity index (χ2n) is 6.83. The molecule has 2 N–H and O–H groups in total. The van der Waals surface area contributed by atoms with Gasteiger partial charge in [0, 0.05) is 20.5 Å². The predicted octanol–water partition coefficient (Wildman–Crippen LogP) is 2.43. The van der Waals surface area contributed by atoms with E-state index in [0.29, 0.717) is 29.6 Å². The first-order valence-electron chi connectivity index (χ1n) is 8.96. The maximum Gasteiger partial charge on any atom is 0.266 e. The smallest absolute Gasteiger partial charge is 0.266 e. The summed E-state index contributed by atoms with van der Waals surface area (Å²) in [6, 6.07) is 14.5. The zero-order valence-corrected chi connectivity index (χ0v) is 15.8. The lowest BCUT2D eigenvalue weighted by Crippen LogP contribution is -2.28. The maximum atomic E-state index is 13.4. The zero-order valence-electron chi connectivity index (χ0n) is 15.8. The van der Waals surface area contributed by atoms with E-state index in [4.69, 9.17) is 5.73 Å². The Labute approximate surface area is 158 Å². The molecule has 0 bridgehead atoms. The first-order valence-corrected chi connectivity index (χ1v) is 8.96. The molecule has 0 fully saturated rings. The van der Waals surface area contributed by atoms with Crippen LogP contribution < -0.4 is 11.3 Å². The lowest BCUT2D eigenvalue weighted by atomic mass is 10.0. The highest BCUT2D eigenvalue weighted by molar-refractivity contribution is 5.83. The summed E-state index contributed by atoms with van der Waals surface area (Å²) in [7, 11) is 3.45. The number of rotatable bonds is 5. The SMILES string of the molecule is CC(N)c1nc2cccc(CCC(=O)N(C)C)c2c(=O)n1-c1ccccc1. The number of benzene rings is 2. The average Bonchev–Trinajstić information content (AvgIpc) is 2.66. The highest BCUT2D eigenvalue weighted by Gasteiger charge is 2.18. The number of hydrogen-bond acceptors (Lipinski definition) is 4. The summed E-state index contributed by atoms with van der Waals surface area (Å²) < 4.78 is 1.57. The van der Waals surface area contributed by atoms with Crippen molar-refractivity contribution < 1.29 is 4.79 Å². The molecule has 0 saturated carbocycles. The molecule has 0 aliphatic carbocycles. The van der Waals surface area contributed by atoms with Gasteiger partial charge in [-0.1, -0.05) is 30.3 Å². The van der Waals surface area contributed by atoms with Gasteiger partial charge in [0.2, 0.25) is 5.91 Å². The van der Waals surface area contributed by atoms with Gasteiger partial charge < -0.3 is 10.6 Å². The van der Waals surface area contributed by atoms with Gasteiger partial charge in [0.1, 0.15) is 5.82 Å². The highest BCUT2D eigenvalue weighted by atomic mass is 16.2. The number of hydrogen-bond donors (Lipinski definition) is 1. The van der Waals surface area contributed by atoms with Crippen LogP contribution in [0, 0.1) is 0 Å². The molecular formula is C21H24N4O2. The van der Waals surface area contributed by atoms with Gasteiger partial charge in [-0.05, 0) is 37.1 Å². The lowest BCUT2D eigenvalue weighted by molar-refractivity contribution is -0.128. The van der Waals surface area contributed by atoms with E-state index in [2.05, 4.69) is 4.98 Å². The van der Waals surface area contributed by atoms with Crippen LogP contribution in [0.3, 0.4) is 0 Å². The standard InChI is InChI=1S/C21H24N4O2/c1-14(22)20-23-17-11-7-8-15(12-13-18(26)24(2)3)19(17)21(27)25(20)16-9-5-4-6-10-16/h4-11,14H,12-13,22H2,1-3H3. The van der Waals surface area contributed by atoms with E-state index < -0.39 is 6.04 Å². The van der Waals surface area contributed by atoms with Crippen molar-refractivity contribution in [3.05, 3.63) is 70.3 Å². The van der Waals surface area contributed by atoms with Gasteiger partial charge in [-0.3, -0.25) is 14.2 Å². The second kappa shape index (κ2) is 7.72. The quantitative estimate of drug-likeness (QED) is 0.754. The number of nitrogens with zero attached hydrogens (tertiary/aromatic N) is 3. The molecule has 6 nitrogen and oxygen atoms in total. The van der Waals surface area contributed by atoms with Crippen molar-refractivity contribution in [1.29, 1.82) is 0 Å². The van der Waals surface area contributed by atoms with Crippen LogP contribution in [0.15, 0.2) is 53.3 Å². The van der Waals surface area contributed by atoms with Crippen molar-refractivity contribution in [1.82, 2.24) is 14.5 Å².